The Morgan fingerprint density at radius 3 is 2.62 bits per heavy atom. The van der Waals surface area contributed by atoms with Crippen molar-refractivity contribution in [3.05, 3.63) is 48.3 Å². The number of carbonyl (C=O) groups is 1. The van der Waals surface area contributed by atoms with Crippen molar-refractivity contribution in [1.29, 1.82) is 0 Å². The number of imidazole rings is 1. The number of carbonyl (C=O) groups excluding carboxylic acids is 1. The van der Waals surface area contributed by atoms with Crippen molar-refractivity contribution < 1.29 is 9.53 Å². The fourth-order valence-electron chi connectivity index (χ4n) is 2.88. The number of ether oxygens (including phenoxy) is 1. The molecule has 2 aromatic heterocycles. The number of aromatic nitrogens is 3. The molecule has 1 aromatic carbocycles. The number of primary amides is 1. The molecule has 0 atom stereocenters. The summed E-state index contributed by atoms with van der Waals surface area (Å²) in [5, 5.41) is 0. The molecule has 0 radical (unpaired) electrons. The van der Waals surface area contributed by atoms with E-state index < -0.39 is 5.91 Å². The van der Waals surface area contributed by atoms with Crippen LogP contribution in [0, 0.1) is 0 Å². The Kier molecular flexibility index (Phi) is 3.62. The summed E-state index contributed by atoms with van der Waals surface area (Å²) < 4.78 is 7.24. The van der Waals surface area contributed by atoms with Gasteiger partial charge in [0.2, 0.25) is 5.95 Å². The predicted molar refractivity (Wildman–Crippen MR) is 90.0 cm³/mol. The van der Waals surface area contributed by atoms with E-state index in [0.29, 0.717) is 24.4 Å². The van der Waals surface area contributed by atoms with Crippen LogP contribution in [0.1, 0.15) is 10.4 Å². The van der Waals surface area contributed by atoms with Crippen LogP contribution in [0.2, 0.25) is 0 Å². The molecule has 3 aromatic rings. The normalized spacial score (nSPS) is 14.9. The molecule has 2 N–H and O–H groups in total. The monoisotopic (exact) mass is 323 g/mol. The summed E-state index contributed by atoms with van der Waals surface area (Å²) in [6, 6.07) is 9.82. The molecule has 1 fully saturated rings. The molecular weight excluding hydrogens is 306 g/mol. The van der Waals surface area contributed by atoms with Crippen molar-refractivity contribution in [2.75, 3.05) is 31.2 Å². The first kappa shape index (κ1) is 14.6. The summed E-state index contributed by atoms with van der Waals surface area (Å²) in [6.45, 7) is 2.80. The molecule has 7 nitrogen and oxygen atoms in total. The van der Waals surface area contributed by atoms with Gasteiger partial charge < -0.3 is 15.4 Å². The van der Waals surface area contributed by atoms with Gasteiger partial charge in [-0.15, -0.1) is 0 Å². The minimum Gasteiger partial charge on any atom is -0.378 e. The number of amides is 1. The fourth-order valence-corrected chi connectivity index (χ4v) is 2.88. The van der Waals surface area contributed by atoms with Crippen molar-refractivity contribution in [1.82, 2.24) is 14.4 Å². The zero-order chi connectivity index (χ0) is 16.5. The van der Waals surface area contributed by atoms with Crippen molar-refractivity contribution in [3.63, 3.8) is 0 Å². The summed E-state index contributed by atoms with van der Waals surface area (Å²) in [5.74, 6) is 0.208. The highest BCUT2D eigenvalue weighted by molar-refractivity contribution is 5.99. The molecule has 122 valence electrons. The number of fused-ring (bicyclic) bond motifs is 1. The Balaban J connectivity index is 1.90. The summed E-state index contributed by atoms with van der Waals surface area (Å²) in [5.41, 5.74) is 8.09. The lowest BCUT2D eigenvalue weighted by Gasteiger charge is -2.28. The van der Waals surface area contributed by atoms with Gasteiger partial charge in [-0.3, -0.25) is 9.20 Å². The second kappa shape index (κ2) is 5.93. The molecule has 0 spiro atoms. The van der Waals surface area contributed by atoms with E-state index in [9.17, 15) is 4.79 Å². The highest BCUT2D eigenvalue weighted by atomic mass is 16.5. The molecule has 1 aliphatic heterocycles. The molecule has 7 heteroatoms. The molecule has 24 heavy (non-hydrogen) atoms. The Bertz CT molecular complexity index is 885. The lowest BCUT2D eigenvalue weighted by molar-refractivity contribution is 0.100. The van der Waals surface area contributed by atoms with Crippen LogP contribution in [-0.2, 0) is 4.74 Å². The van der Waals surface area contributed by atoms with Crippen LogP contribution in [0.25, 0.3) is 16.9 Å². The van der Waals surface area contributed by atoms with E-state index >= 15 is 0 Å². The molecule has 0 aliphatic carbocycles. The first-order chi connectivity index (χ1) is 11.7. The number of rotatable bonds is 3. The van der Waals surface area contributed by atoms with Crippen LogP contribution >= 0.6 is 0 Å². The van der Waals surface area contributed by atoms with Gasteiger partial charge in [-0.25, -0.2) is 9.97 Å². The number of hydrogen-bond donors (Lipinski definition) is 1. The smallest absolute Gasteiger partial charge is 0.254 e. The molecule has 1 saturated heterocycles. The fraction of sp³-hybridized carbons (Fsp3) is 0.235. The third kappa shape index (κ3) is 2.48. The summed E-state index contributed by atoms with van der Waals surface area (Å²) in [7, 11) is 0. The van der Waals surface area contributed by atoms with Gasteiger partial charge >= 0.3 is 0 Å². The van der Waals surface area contributed by atoms with Gasteiger partial charge in [0.15, 0.2) is 5.65 Å². The number of benzene rings is 1. The van der Waals surface area contributed by atoms with Crippen molar-refractivity contribution in [2.45, 2.75) is 0 Å². The Morgan fingerprint density at radius 2 is 1.92 bits per heavy atom. The second-order valence-electron chi connectivity index (χ2n) is 5.62. The number of morpholine rings is 1. The quantitative estimate of drug-likeness (QED) is 0.786. The molecule has 0 unspecified atom stereocenters. The number of nitrogens with two attached hydrogens (primary N) is 1. The van der Waals surface area contributed by atoms with E-state index in [1.165, 1.54) is 6.20 Å². The van der Waals surface area contributed by atoms with Gasteiger partial charge in [0.1, 0.15) is 5.56 Å². The summed E-state index contributed by atoms with van der Waals surface area (Å²) >= 11 is 0. The number of anilines is 1. The van der Waals surface area contributed by atoms with E-state index in [1.807, 2.05) is 40.9 Å². The van der Waals surface area contributed by atoms with Crippen LogP contribution in [0.4, 0.5) is 5.95 Å². The highest BCUT2D eigenvalue weighted by Crippen LogP contribution is 2.24. The third-order valence-electron chi connectivity index (χ3n) is 4.10. The minimum absolute atomic E-state index is 0.314. The third-order valence-corrected chi connectivity index (χ3v) is 4.10. The van der Waals surface area contributed by atoms with Crippen molar-refractivity contribution in [2.24, 2.45) is 5.73 Å². The van der Waals surface area contributed by atoms with E-state index in [1.54, 1.807) is 0 Å². The van der Waals surface area contributed by atoms with Gasteiger partial charge in [-0.05, 0) is 0 Å². The molecule has 3 heterocycles. The Labute approximate surface area is 138 Å². The minimum atomic E-state index is -0.536. The average molecular weight is 323 g/mol. The van der Waals surface area contributed by atoms with Crippen molar-refractivity contribution in [3.8, 4) is 11.3 Å². The second-order valence-corrected chi connectivity index (χ2v) is 5.62. The summed E-state index contributed by atoms with van der Waals surface area (Å²) in [6.07, 6.45) is 3.40. The Hall–Kier alpha value is -2.93. The zero-order valence-corrected chi connectivity index (χ0v) is 13.1. The van der Waals surface area contributed by atoms with Crippen LogP contribution in [-0.4, -0.2) is 46.6 Å². The lowest BCUT2D eigenvalue weighted by atomic mass is 10.2. The maximum absolute atomic E-state index is 11.7. The van der Waals surface area contributed by atoms with Gasteiger partial charge in [-0.2, -0.15) is 0 Å². The van der Waals surface area contributed by atoms with Crippen LogP contribution < -0.4 is 10.6 Å². The lowest BCUT2D eigenvalue weighted by Crippen LogP contribution is -2.38. The molecular formula is C17H17N5O2. The van der Waals surface area contributed by atoms with Gasteiger partial charge in [0.25, 0.3) is 5.91 Å². The van der Waals surface area contributed by atoms with Gasteiger partial charge in [0.05, 0.1) is 18.9 Å². The highest BCUT2D eigenvalue weighted by Gasteiger charge is 2.20. The van der Waals surface area contributed by atoms with Gasteiger partial charge in [0, 0.05) is 31.0 Å². The van der Waals surface area contributed by atoms with E-state index in [0.717, 1.165) is 30.3 Å². The van der Waals surface area contributed by atoms with Gasteiger partial charge in [-0.1, -0.05) is 30.3 Å². The average Bonchev–Trinajstić information content (AvgIpc) is 3.07. The van der Waals surface area contributed by atoms with E-state index in [4.69, 9.17) is 10.5 Å². The zero-order valence-electron chi connectivity index (χ0n) is 13.1. The Morgan fingerprint density at radius 1 is 1.17 bits per heavy atom. The van der Waals surface area contributed by atoms with E-state index in [2.05, 4.69) is 14.9 Å². The molecule has 1 amide bonds. The SMILES string of the molecule is NC(=O)c1cnc(N2CCOCC2)n2cc(-c3ccccc3)nc12. The largest absolute Gasteiger partial charge is 0.378 e. The maximum Gasteiger partial charge on any atom is 0.254 e. The maximum atomic E-state index is 11.7. The standard InChI is InChI=1S/C17H17N5O2/c18-15(23)13-10-19-17(21-6-8-24-9-7-21)22-11-14(20-16(13)22)12-4-2-1-3-5-12/h1-5,10-11H,6-9H2,(H2,18,23). The molecule has 0 bridgehead atoms. The molecule has 4 rings (SSSR count). The van der Waals surface area contributed by atoms with E-state index in [-0.39, 0.29) is 0 Å². The first-order valence-corrected chi connectivity index (χ1v) is 7.80. The van der Waals surface area contributed by atoms with Crippen LogP contribution in [0.15, 0.2) is 42.7 Å². The topological polar surface area (TPSA) is 85.8 Å². The number of hydrogen-bond acceptors (Lipinski definition) is 5. The van der Waals surface area contributed by atoms with Crippen LogP contribution in [0.3, 0.4) is 0 Å². The summed E-state index contributed by atoms with van der Waals surface area (Å²) in [4.78, 5) is 22.9. The predicted octanol–water partition coefficient (Wildman–Crippen LogP) is 1.33. The molecule has 1 aliphatic rings. The molecule has 0 saturated carbocycles. The van der Waals surface area contributed by atoms with Crippen molar-refractivity contribution >= 4 is 17.5 Å². The number of nitrogens with zero attached hydrogens (tertiary/aromatic N) is 4. The first-order valence-electron chi connectivity index (χ1n) is 7.80. The van der Waals surface area contributed by atoms with Crippen LogP contribution in [0.5, 0.6) is 0 Å².